The smallest absolute Gasteiger partial charge is 0.417 e. The average molecular weight is 438 g/mol. The molecule has 0 N–H and O–H groups in total. The van der Waals surface area contributed by atoms with Gasteiger partial charge in [0.1, 0.15) is 6.10 Å². The molecule has 0 unspecified atom stereocenters. The zero-order valence-corrected chi connectivity index (χ0v) is 17.1. The first-order valence-electron chi connectivity index (χ1n) is 9.22. The van der Waals surface area contributed by atoms with Gasteiger partial charge in [-0.15, -0.1) is 0 Å². The number of pyridine rings is 1. The molecule has 1 saturated heterocycles. The highest BCUT2D eigenvalue weighted by Gasteiger charge is 2.33. The molecule has 1 aliphatic rings. The molecule has 1 amide bonds. The van der Waals surface area contributed by atoms with E-state index in [1.165, 1.54) is 27.4 Å². The number of alkyl halides is 3. The zero-order chi connectivity index (χ0) is 22.6. The first kappa shape index (κ1) is 22.3. The summed E-state index contributed by atoms with van der Waals surface area (Å²) in [6.07, 6.45) is -1.03. The highest BCUT2D eigenvalue weighted by atomic mass is 19.4. The Bertz CT molecular complexity index is 929. The summed E-state index contributed by atoms with van der Waals surface area (Å²) in [5.74, 6) is 1.24. The minimum Gasteiger partial charge on any atom is -0.493 e. The van der Waals surface area contributed by atoms with Gasteiger partial charge in [-0.25, -0.2) is 4.98 Å². The quantitative estimate of drug-likeness (QED) is 0.617. The van der Waals surface area contributed by atoms with E-state index in [0.717, 1.165) is 18.3 Å². The predicted molar refractivity (Wildman–Crippen MR) is 105 cm³/mol. The predicted octanol–water partition coefficient (Wildman–Crippen LogP) is 3.43. The van der Waals surface area contributed by atoms with Crippen molar-refractivity contribution in [1.29, 1.82) is 0 Å². The molecular formula is C21H21F3N2O5. The van der Waals surface area contributed by atoms with Crippen LogP contribution in [0.15, 0.2) is 36.5 Å². The Morgan fingerprint density at radius 1 is 1.10 bits per heavy atom. The number of carbonyl (C=O) groups excluding carboxylic acids is 1. The molecule has 0 bridgehead atoms. The van der Waals surface area contributed by atoms with Crippen LogP contribution in [0, 0.1) is 0 Å². The molecule has 2 heterocycles. The molecule has 1 aliphatic heterocycles. The minimum atomic E-state index is -4.45. The number of aromatic nitrogens is 1. The van der Waals surface area contributed by atoms with Gasteiger partial charge in [-0.2, -0.15) is 13.2 Å². The summed E-state index contributed by atoms with van der Waals surface area (Å²) < 4.78 is 59.0. The molecule has 31 heavy (non-hydrogen) atoms. The van der Waals surface area contributed by atoms with E-state index in [1.54, 1.807) is 23.1 Å². The lowest BCUT2D eigenvalue weighted by atomic mass is 10.1. The van der Waals surface area contributed by atoms with Crippen LogP contribution in [0.1, 0.15) is 11.1 Å². The lowest BCUT2D eigenvalue weighted by Gasteiger charge is -2.38. The Morgan fingerprint density at radius 2 is 1.74 bits per heavy atom. The van der Waals surface area contributed by atoms with Crippen molar-refractivity contribution in [1.82, 2.24) is 9.88 Å². The monoisotopic (exact) mass is 438 g/mol. The minimum absolute atomic E-state index is 0.0815. The van der Waals surface area contributed by atoms with Crippen LogP contribution >= 0.6 is 0 Å². The number of nitrogens with zero attached hydrogens (tertiary/aromatic N) is 2. The number of halogens is 3. The van der Waals surface area contributed by atoms with Gasteiger partial charge in [-0.05, 0) is 29.8 Å². The molecule has 0 radical (unpaired) electrons. The van der Waals surface area contributed by atoms with Crippen molar-refractivity contribution >= 4 is 12.0 Å². The first-order chi connectivity index (χ1) is 14.7. The molecule has 10 heteroatoms. The summed E-state index contributed by atoms with van der Waals surface area (Å²) in [5, 5.41) is 0. The van der Waals surface area contributed by atoms with Crippen LogP contribution in [-0.4, -0.2) is 56.3 Å². The number of carbonyl (C=O) groups is 1. The maximum atomic E-state index is 12.6. The number of ether oxygens (including phenoxy) is 4. The fourth-order valence-corrected chi connectivity index (χ4v) is 2.95. The number of likely N-dealkylation sites (tertiary alicyclic amines) is 1. The summed E-state index contributed by atoms with van der Waals surface area (Å²) in [5.41, 5.74) is -0.160. The van der Waals surface area contributed by atoms with Crippen LogP contribution in [0.3, 0.4) is 0 Å². The molecule has 0 saturated carbocycles. The molecular weight excluding hydrogens is 417 g/mol. The average Bonchev–Trinajstić information content (AvgIpc) is 2.73. The molecule has 3 rings (SSSR count). The lowest BCUT2D eigenvalue weighted by Crippen LogP contribution is -2.55. The topological polar surface area (TPSA) is 70.1 Å². The molecule has 1 fully saturated rings. The normalized spacial score (nSPS) is 14.3. The van der Waals surface area contributed by atoms with Crippen molar-refractivity contribution < 1.29 is 36.9 Å². The maximum Gasteiger partial charge on any atom is 0.417 e. The van der Waals surface area contributed by atoms with E-state index in [-0.39, 0.29) is 17.9 Å². The van der Waals surface area contributed by atoms with Gasteiger partial charge < -0.3 is 23.8 Å². The van der Waals surface area contributed by atoms with Gasteiger partial charge in [0.15, 0.2) is 11.5 Å². The van der Waals surface area contributed by atoms with Crippen LogP contribution in [0.25, 0.3) is 6.08 Å². The highest BCUT2D eigenvalue weighted by Crippen LogP contribution is 2.38. The zero-order valence-electron chi connectivity index (χ0n) is 17.1. The van der Waals surface area contributed by atoms with E-state index >= 15 is 0 Å². The standard InChI is InChI=1S/C21H21F3N2O5/c1-28-16-8-13(9-17(29-2)20(16)30-3)4-7-19(27)26-11-15(12-26)31-18-6-5-14(10-25-18)21(22,23)24/h4-10,15H,11-12H2,1-3H3/b7-4+. The van der Waals surface area contributed by atoms with E-state index in [2.05, 4.69) is 4.98 Å². The number of benzene rings is 1. The van der Waals surface area contributed by atoms with Crippen molar-refractivity contribution in [3.8, 4) is 23.1 Å². The third-order valence-corrected chi connectivity index (χ3v) is 4.62. The maximum absolute atomic E-state index is 12.6. The van der Waals surface area contributed by atoms with Crippen LogP contribution in [0.2, 0.25) is 0 Å². The molecule has 1 aromatic heterocycles. The second-order valence-corrected chi connectivity index (χ2v) is 6.66. The Hall–Kier alpha value is -3.43. The second kappa shape index (κ2) is 9.15. The van der Waals surface area contributed by atoms with Crippen LogP contribution < -0.4 is 18.9 Å². The van der Waals surface area contributed by atoms with Gasteiger partial charge in [0, 0.05) is 18.3 Å². The van der Waals surface area contributed by atoms with Crippen molar-refractivity contribution in [3.05, 3.63) is 47.7 Å². The number of methoxy groups -OCH3 is 3. The Balaban J connectivity index is 1.56. The molecule has 0 atom stereocenters. The number of amides is 1. The van der Waals surface area contributed by atoms with Crippen LogP contribution in [-0.2, 0) is 11.0 Å². The van der Waals surface area contributed by atoms with Gasteiger partial charge in [0.05, 0.1) is 40.0 Å². The molecule has 166 valence electrons. The summed E-state index contributed by atoms with van der Waals surface area (Å²) in [6.45, 7) is 0.613. The highest BCUT2D eigenvalue weighted by molar-refractivity contribution is 5.92. The number of hydrogen-bond acceptors (Lipinski definition) is 6. The number of rotatable bonds is 7. The van der Waals surface area contributed by atoms with E-state index < -0.39 is 11.7 Å². The SMILES string of the molecule is COc1cc(/C=C/C(=O)N2CC(Oc3ccc(C(F)(F)F)cn3)C2)cc(OC)c1OC. The third-order valence-electron chi connectivity index (χ3n) is 4.62. The summed E-state index contributed by atoms with van der Waals surface area (Å²) in [7, 11) is 4.51. The Kier molecular flexibility index (Phi) is 6.57. The van der Waals surface area contributed by atoms with Crippen molar-refractivity contribution in [3.63, 3.8) is 0 Å². The summed E-state index contributed by atoms with van der Waals surface area (Å²) in [4.78, 5) is 17.6. The van der Waals surface area contributed by atoms with Crippen LogP contribution in [0.5, 0.6) is 23.1 Å². The molecule has 7 nitrogen and oxygen atoms in total. The third kappa shape index (κ3) is 5.19. The van der Waals surface area contributed by atoms with E-state index in [9.17, 15) is 18.0 Å². The van der Waals surface area contributed by atoms with Crippen molar-refractivity contribution in [2.45, 2.75) is 12.3 Å². The first-order valence-corrected chi connectivity index (χ1v) is 9.22. The Labute approximate surface area is 177 Å². The fraction of sp³-hybridized carbons (Fsp3) is 0.333. The molecule has 2 aromatic rings. The van der Waals surface area contributed by atoms with Gasteiger partial charge in [-0.3, -0.25) is 4.79 Å². The van der Waals surface area contributed by atoms with Gasteiger partial charge in [-0.1, -0.05) is 0 Å². The Morgan fingerprint density at radius 3 is 2.23 bits per heavy atom. The fourth-order valence-electron chi connectivity index (χ4n) is 2.95. The molecule has 0 aliphatic carbocycles. The van der Waals surface area contributed by atoms with Crippen molar-refractivity contribution in [2.24, 2.45) is 0 Å². The second-order valence-electron chi connectivity index (χ2n) is 6.66. The van der Waals surface area contributed by atoms with E-state index in [0.29, 0.717) is 35.9 Å². The van der Waals surface area contributed by atoms with Crippen LogP contribution in [0.4, 0.5) is 13.2 Å². The van der Waals surface area contributed by atoms with Gasteiger partial charge in [0.25, 0.3) is 0 Å². The van der Waals surface area contributed by atoms with Crippen molar-refractivity contribution in [2.75, 3.05) is 34.4 Å². The number of hydrogen-bond donors (Lipinski definition) is 0. The largest absolute Gasteiger partial charge is 0.493 e. The van der Waals surface area contributed by atoms with E-state index in [1.807, 2.05) is 0 Å². The lowest BCUT2D eigenvalue weighted by molar-refractivity contribution is -0.138. The van der Waals surface area contributed by atoms with Gasteiger partial charge in [0.2, 0.25) is 17.5 Å². The molecule has 1 aromatic carbocycles. The van der Waals surface area contributed by atoms with E-state index in [4.69, 9.17) is 18.9 Å². The molecule has 0 spiro atoms. The van der Waals surface area contributed by atoms with Gasteiger partial charge >= 0.3 is 6.18 Å². The summed E-state index contributed by atoms with van der Waals surface area (Å²) in [6, 6.07) is 5.49. The summed E-state index contributed by atoms with van der Waals surface area (Å²) >= 11 is 0.